The number of ether oxygens (including phenoxy) is 1. The molecule has 104 valence electrons. The van der Waals surface area contributed by atoms with Gasteiger partial charge >= 0.3 is 5.97 Å². The van der Waals surface area contributed by atoms with Crippen molar-refractivity contribution in [3.05, 3.63) is 12.4 Å². The minimum absolute atomic E-state index is 0.0365. The quantitative estimate of drug-likeness (QED) is 0.729. The SMILES string of the molecule is COC(=O)[C@@H]1CCCCN1C(=O)CCn1ccnn1. The molecule has 0 aliphatic carbocycles. The Labute approximate surface area is 111 Å². The Morgan fingerprint density at radius 1 is 1.42 bits per heavy atom. The molecule has 0 aromatic carbocycles. The van der Waals surface area contributed by atoms with Crippen molar-refractivity contribution in [2.24, 2.45) is 0 Å². The van der Waals surface area contributed by atoms with Crippen molar-refractivity contribution >= 4 is 11.9 Å². The average Bonchev–Trinajstić information content (AvgIpc) is 2.97. The van der Waals surface area contributed by atoms with Gasteiger partial charge in [-0.3, -0.25) is 9.48 Å². The van der Waals surface area contributed by atoms with Crippen molar-refractivity contribution < 1.29 is 14.3 Å². The van der Waals surface area contributed by atoms with Gasteiger partial charge in [0.25, 0.3) is 0 Å². The summed E-state index contributed by atoms with van der Waals surface area (Å²) in [6.45, 7) is 1.10. The van der Waals surface area contributed by atoms with E-state index in [1.807, 2.05) is 0 Å². The molecule has 0 bridgehead atoms. The predicted octanol–water partition coefficient (Wildman–Crippen LogP) is 0.222. The second-order valence-corrected chi connectivity index (χ2v) is 4.54. The highest BCUT2D eigenvalue weighted by atomic mass is 16.5. The molecular formula is C12H18N4O3. The van der Waals surface area contributed by atoms with E-state index >= 15 is 0 Å². The molecule has 1 aliphatic rings. The molecule has 1 aliphatic heterocycles. The number of hydrogen-bond acceptors (Lipinski definition) is 5. The zero-order valence-electron chi connectivity index (χ0n) is 11.0. The summed E-state index contributed by atoms with van der Waals surface area (Å²) in [6, 6.07) is -0.429. The normalized spacial score (nSPS) is 19.2. The van der Waals surface area contributed by atoms with Gasteiger partial charge in [0.2, 0.25) is 5.91 Å². The highest BCUT2D eigenvalue weighted by Gasteiger charge is 2.32. The maximum absolute atomic E-state index is 12.2. The van der Waals surface area contributed by atoms with Gasteiger partial charge in [-0.2, -0.15) is 0 Å². The third-order valence-electron chi connectivity index (χ3n) is 3.32. The van der Waals surface area contributed by atoms with Crippen LogP contribution in [0.3, 0.4) is 0 Å². The Kier molecular flexibility index (Phi) is 4.48. The molecule has 1 saturated heterocycles. The van der Waals surface area contributed by atoms with E-state index in [-0.39, 0.29) is 11.9 Å². The molecule has 7 nitrogen and oxygen atoms in total. The fourth-order valence-corrected chi connectivity index (χ4v) is 2.32. The van der Waals surface area contributed by atoms with Gasteiger partial charge in [0.15, 0.2) is 0 Å². The van der Waals surface area contributed by atoms with Gasteiger partial charge in [-0.1, -0.05) is 5.21 Å². The van der Waals surface area contributed by atoms with E-state index in [9.17, 15) is 9.59 Å². The van der Waals surface area contributed by atoms with Crippen LogP contribution in [0, 0.1) is 0 Å². The number of likely N-dealkylation sites (tertiary alicyclic amines) is 1. The van der Waals surface area contributed by atoms with E-state index in [1.54, 1.807) is 22.0 Å². The van der Waals surface area contributed by atoms with Crippen molar-refractivity contribution in [1.82, 2.24) is 19.9 Å². The lowest BCUT2D eigenvalue weighted by Crippen LogP contribution is -2.48. The van der Waals surface area contributed by atoms with Gasteiger partial charge in [0.1, 0.15) is 6.04 Å². The van der Waals surface area contributed by atoms with Crippen LogP contribution in [-0.4, -0.2) is 51.5 Å². The summed E-state index contributed by atoms with van der Waals surface area (Å²) in [5.41, 5.74) is 0. The maximum atomic E-state index is 12.2. The topological polar surface area (TPSA) is 77.3 Å². The van der Waals surface area contributed by atoms with E-state index in [4.69, 9.17) is 4.74 Å². The molecule has 0 N–H and O–H groups in total. The Balaban J connectivity index is 1.93. The minimum Gasteiger partial charge on any atom is -0.467 e. The molecule has 0 spiro atoms. The number of methoxy groups -OCH3 is 1. The van der Waals surface area contributed by atoms with Crippen molar-refractivity contribution in [2.45, 2.75) is 38.3 Å². The van der Waals surface area contributed by atoms with Crippen LogP contribution in [0.2, 0.25) is 0 Å². The lowest BCUT2D eigenvalue weighted by Gasteiger charge is -2.33. The molecule has 0 unspecified atom stereocenters. The van der Waals surface area contributed by atoms with Crippen LogP contribution in [0.4, 0.5) is 0 Å². The van der Waals surface area contributed by atoms with E-state index in [2.05, 4.69) is 10.3 Å². The molecule has 7 heteroatoms. The van der Waals surface area contributed by atoms with Gasteiger partial charge < -0.3 is 9.64 Å². The van der Waals surface area contributed by atoms with Gasteiger partial charge in [-0.25, -0.2) is 4.79 Å². The number of rotatable bonds is 4. The average molecular weight is 266 g/mol. The van der Waals surface area contributed by atoms with Gasteiger partial charge in [-0.05, 0) is 19.3 Å². The second kappa shape index (κ2) is 6.31. The van der Waals surface area contributed by atoms with Gasteiger partial charge in [-0.15, -0.1) is 5.10 Å². The molecule has 1 aromatic rings. The first kappa shape index (κ1) is 13.5. The van der Waals surface area contributed by atoms with E-state index in [1.165, 1.54) is 7.11 Å². The van der Waals surface area contributed by atoms with Crippen LogP contribution in [0.15, 0.2) is 12.4 Å². The van der Waals surface area contributed by atoms with Crippen LogP contribution < -0.4 is 0 Å². The van der Waals surface area contributed by atoms with Gasteiger partial charge in [0.05, 0.1) is 19.9 Å². The van der Waals surface area contributed by atoms with Crippen LogP contribution >= 0.6 is 0 Å². The number of carbonyl (C=O) groups excluding carboxylic acids is 2. The summed E-state index contributed by atoms with van der Waals surface area (Å²) in [4.78, 5) is 25.5. The molecule has 0 saturated carbocycles. The molecule has 1 aromatic heterocycles. The van der Waals surface area contributed by atoms with Crippen molar-refractivity contribution in [3.63, 3.8) is 0 Å². The van der Waals surface area contributed by atoms with E-state index in [0.717, 1.165) is 12.8 Å². The lowest BCUT2D eigenvalue weighted by atomic mass is 10.0. The first-order chi connectivity index (χ1) is 9.22. The molecular weight excluding hydrogens is 248 g/mol. The molecule has 1 atom stereocenters. The number of aryl methyl sites for hydroxylation is 1. The van der Waals surface area contributed by atoms with Crippen LogP contribution in [0.5, 0.6) is 0 Å². The fourth-order valence-electron chi connectivity index (χ4n) is 2.32. The first-order valence-electron chi connectivity index (χ1n) is 6.44. The van der Waals surface area contributed by atoms with Crippen LogP contribution in [0.25, 0.3) is 0 Å². The number of piperidine rings is 1. The summed E-state index contributed by atoms with van der Waals surface area (Å²) < 4.78 is 6.37. The molecule has 0 radical (unpaired) electrons. The van der Waals surface area contributed by atoms with Crippen LogP contribution in [-0.2, 0) is 20.9 Å². The number of hydrogen-bond donors (Lipinski definition) is 0. The van der Waals surface area contributed by atoms with E-state index in [0.29, 0.717) is 25.9 Å². The summed E-state index contributed by atoms with van der Waals surface area (Å²) in [6.07, 6.45) is 6.16. The number of nitrogens with zero attached hydrogens (tertiary/aromatic N) is 4. The first-order valence-corrected chi connectivity index (χ1v) is 6.44. The fraction of sp³-hybridized carbons (Fsp3) is 0.667. The summed E-state index contributed by atoms with van der Waals surface area (Å²) in [7, 11) is 1.36. The maximum Gasteiger partial charge on any atom is 0.328 e. The molecule has 2 heterocycles. The zero-order chi connectivity index (χ0) is 13.7. The molecule has 1 amide bonds. The largest absolute Gasteiger partial charge is 0.467 e. The Bertz CT molecular complexity index is 432. The standard InChI is InChI=1S/C12H18N4O3/c1-19-12(18)10-4-2-3-7-16(10)11(17)5-8-15-9-6-13-14-15/h6,9-10H,2-5,7-8H2,1H3/t10-/m0/s1. The minimum atomic E-state index is -0.429. The Morgan fingerprint density at radius 3 is 2.95 bits per heavy atom. The third-order valence-corrected chi connectivity index (χ3v) is 3.32. The van der Waals surface area contributed by atoms with E-state index < -0.39 is 6.04 Å². The highest BCUT2D eigenvalue weighted by Crippen LogP contribution is 2.19. The molecule has 19 heavy (non-hydrogen) atoms. The van der Waals surface area contributed by atoms with Crippen molar-refractivity contribution in [2.75, 3.05) is 13.7 Å². The molecule has 1 fully saturated rings. The zero-order valence-corrected chi connectivity index (χ0v) is 11.0. The summed E-state index contributed by atoms with van der Waals surface area (Å²) in [5, 5.41) is 7.49. The predicted molar refractivity (Wildman–Crippen MR) is 66.0 cm³/mol. The number of esters is 1. The Morgan fingerprint density at radius 2 is 2.26 bits per heavy atom. The lowest BCUT2D eigenvalue weighted by molar-refractivity contribution is -0.154. The smallest absolute Gasteiger partial charge is 0.328 e. The number of amides is 1. The number of aromatic nitrogens is 3. The Hall–Kier alpha value is -1.92. The summed E-state index contributed by atoms with van der Waals surface area (Å²) in [5.74, 6) is -0.362. The second-order valence-electron chi connectivity index (χ2n) is 4.54. The van der Waals surface area contributed by atoms with Crippen molar-refractivity contribution in [1.29, 1.82) is 0 Å². The monoisotopic (exact) mass is 266 g/mol. The number of carbonyl (C=O) groups is 2. The van der Waals surface area contributed by atoms with Gasteiger partial charge in [0, 0.05) is 19.2 Å². The molecule has 2 rings (SSSR count). The van der Waals surface area contributed by atoms with Crippen LogP contribution in [0.1, 0.15) is 25.7 Å². The van der Waals surface area contributed by atoms with Crippen molar-refractivity contribution in [3.8, 4) is 0 Å². The highest BCUT2D eigenvalue weighted by molar-refractivity contribution is 5.84. The summed E-state index contributed by atoms with van der Waals surface area (Å²) >= 11 is 0. The third kappa shape index (κ3) is 3.30.